The Morgan fingerprint density at radius 1 is 1.15 bits per heavy atom. The number of benzene rings is 1. The lowest BCUT2D eigenvalue weighted by Crippen LogP contribution is -2.30. The van der Waals surface area contributed by atoms with Gasteiger partial charge in [-0.05, 0) is 30.3 Å². The van der Waals surface area contributed by atoms with Crippen molar-refractivity contribution < 1.29 is 22.7 Å². The molecule has 0 spiro atoms. The lowest BCUT2D eigenvalue weighted by Gasteiger charge is -2.20. The summed E-state index contributed by atoms with van der Waals surface area (Å²) in [7, 11) is 0. The van der Waals surface area contributed by atoms with Gasteiger partial charge in [0.25, 0.3) is 0 Å². The van der Waals surface area contributed by atoms with Crippen molar-refractivity contribution in [1.82, 2.24) is 4.98 Å². The van der Waals surface area contributed by atoms with Crippen LogP contribution in [-0.2, 0) is 11.0 Å². The molecule has 2 heterocycles. The maximum Gasteiger partial charge on any atom is 0.416 e. The summed E-state index contributed by atoms with van der Waals surface area (Å²) in [6.07, 6.45) is -2.93. The summed E-state index contributed by atoms with van der Waals surface area (Å²) in [5.41, 5.74) is -0.194. The van der Waals surface area contributed by atoms with Crippen molar-refractivity contribution in [2.75, 3.05) is 22.6 Å². The summed E-state index contributed by atoms with van der Waals surface area (Å²) in [5.74, 6) is 3.23. The molecule has 1 saturated heterocycles. The normalized spacial score (nSPS) is 17.6. The summed E-state index contributed by atoms with van der Waals surface area (Å²) in [4.78, 5) is 16.2. The Hall–Kier alpha value is -1.87. The quantitative estimate of drug-likeness (QED) is 0.808. The number of thioether (sulfide) groups is 2. The number of nitrogens with zero attached hydrogens (tertiary/aromatic N) is 1. The van der Waals surface area contributed by atoms with Crippen molar-refractivity contribution in [1.29, 1.82) is 0 Å². The van der Waals surface area contributed by atoms with Gasteiger partial charge in [0.15, 0.2) is 0 Å². The van der Waals surface area contributed by atoms with Gasteiger partial charge in [0.05, 0.1) is 22.7 Å². The molecule has 0 aliphatic carbocycles. The fourth-order valence-corrected chi connectivity index (χ4v) is 4.77. The number of hydrogen-bond donors (Lipinski definition) is 1. The fraction of sp³-hybridized carbons (Fsp3) is 0.294. The molecule has 1 aliphatic heterocycles. The van der Waals surface area contributed by atoms with E-state index >= 15 is 0 Å². The topological polar surface area (TPSA) is 51.2 Å². The monoisotopic (exact) mass is 400 g/mol. The highest BCUT2D eigenvalue weighted by Crippen LogP contribution is 2.31. The molecule has 0 saturated carbocycles. The van der Waals surface area contributed by atoms with Crippen LogP contribution in [0, 0.1) is 0 Å². The minimum absolute atomic E-state index is 0.0552. The molecule has 0 radical (unpaired) electrons. The lowest BCUT2D eigenvalue weighted by atomic mass is 10.2. The number of ether oxygens (including phenoxy) is 1. The molecule has 2 aromatic rings. The highest BCUT2D eigenvalue weighted by Gasteiger charge is 2.30. The number of nitrogens with one attached hydrogen (secondary N) is 1. The second kappa shape index (κ2) is 8.22. The first-order valence-corrected chi connectivity index (χ1v) is 9.93. The van der Waals surface area contributed by atoms with E-state index in [9.17, 15) is 18.0 Å². The predicted molar refractivity (Wildman–Crippen MR) is 98.0 cm³/mol. The minimum atomic E-state index is -4.38. The summed E-state index contributed by atoms with van der Waals surface area (Å²) < 4.78 is 43.0. The number of amides is 1. The van der Waals surface area contributed by atoms with E-state index in [0.29, 0.717) is 5.69 Å². The molecule has 9 heteroatoms. The Morgan fingerprint density at radius 2 is 1.92 bits per heavy atom. The van der Waals surface area contributed by atoms with Gasteiger partial charge in [-0.25, -0.2) is 4.98 Å². The van der Waals surface area contributed by atoms with Gasteiger partial charge < -0.3 is 10.1 Å². The number of hydrogen-bond acceptors (Lipinski definition) is 5. The molecular formula is C17H15F3N2O2S2. The Balaban J connectivity index is 1.58. The number of anilines is 1. The largest absolute Gasteiger partial charge is 0.439 e. The molecule has 1 fully saturated rings. The van der Waals surface area contributed by atoms with Gasteiger partial charge in [-0.1, -0.05) is 0 Å². The van der Waals surface area contributed by atoms with Crippen LogP contribution in [0.15, 0.2) is 42.6 Å². The summed E-state index contributed by atoms with van der Waals surface area (Å²) >= 11 is 3.40. The van der Waals surface area contributed by atoms with Crippen molar-refractivity contribution >= 4 is 35.1 Å². The van der Waals surface area contributed by atoms with Crippen LogP contribution in [0.4, 0.5) is 18.9 Å². The molecule has 1 aromatic carbocycles. The van der Waals surface area contributed by atoms with E-state index in [2.05, 4.69) is 10.3 Å². The van der Waals surface area contributed by atoms with Crippen LogP contribution >= 0.6 is 23.5 Å². The summed E-state index contributed by atoms with van der Waals surface area (Å²) in [6.45, 7) is 0. The Kier molecular flexibility index (Phi) is 5.98. The van der Waals surface area contributed by atoms with E-state index in [-0.39, 0.29) is 22.8 Å². The fourth-order valence-electron chi connectivity index (χ4n) is 2.21. The van der Waals surface area contributed by atoms with Crippen LogP contribution in [0.5, 0.6) is 11.6 Å². The summed E-state index contributed by atoms with van der Waals surface area (Å²) in [5, 5.41) is 2.74. The van der Waals surface area contributed by atoms with Crippen LogP contribution in [-0.4, -0.2) is 33.4 Å². The van der Waals surface area contributed by atoms with Gasteiger partial charge in [-0.15, -0.1) is 11.8 Å². The Labute approximate surface area is 156 Å². The molecular weight excluding hydrogens is 385 g/mol. The van der Waals surface area contributed by atoms with Crippen molar-refractivity contribution in [3.8, 4) is 11.6 Å². The maximum atomic E-state index is 12.5. The Bertz CT molecular complexity index is 746. The van der Waals surface area contributed by atoms with Crippen LogP contribution < -0.4 is 10.1 Å². The predicted octanol–water partition coefficient (Wildman–Crippen LogP) is 4.68. The van der Waals surface area contributed by atoms with Gasteiger partial charge in [0.1, 0.15) is 5.75 Å². The number of carbonyl (C=O) groups is 1. The molecule has 4 nitrogen and oxygen atoms in total. The standard InChI is InChI=1S/C17H15F3N2O2S2/c18-17(19,20)11-1-4-13(5-2-11)24-15-6-3-12(9-21-15)22-16(23)14-10-25-7-8-26-14/h1-6,9,14H,7-8,10H2,(H,22,23). The summed E-state index contributed by atoms with van der Waals surface area (Å²) in [6, 6.07) is 7.56. The van der Waals surface area contributed by atoms with Gasteiger partial charge in [-0.3, -0.25) is 4.79 Å². The zero-order valence-electron chi connectivity index (χ0n) is 13.5. The second-order valence-corrected chi connectivity index (χ2v) is 7.89. The van der Waals surface area contributed by atoms with E-state index in [4.69, 9.17) is 4.74 Å². The van der Waals surface area contributed by atoms with Crippen molar-refractivity contribution in [3.63, 3.8) is 0 Å². The van der Waals surface area contributed by atoms with Crippen LogP contribution in [0.2, 0.25) is 0 Å². The molecule has 1 N–H and O–H groups in total. The molecule has 1 aromatic heterocycles. The molecule has 1 unspecified atom stereocenters. The van der Waals surface area contributed by atoms with E-state index in [1.165, 1.54) is 18.3 Å². The number of carbonyl (C=O) groups excluding carboxylic acids is 1. The first-order valence-electron chi connectivity index (χ1n) is 7.73. The van der Waals surface area contributed by atoms with E-state index in [0.717, 1.165) is 29.4 Å². The van der Waals surface area contributed by atoms with Gasteiger partial charge in [0.2, 0.25) is 11.8 Å². The van der Waals surface area contributed by atoms with Crippen molar-refractivity contribution in [2.45, 2.75) is 11.4 Å². The highest BCUT2D eigenvalue weighted by atomic mass is 32.2. The van der Waals surface area contributed by atoms with Crippen LogP contribution in [0.25, 0.3) is 0 Å². The molecule has 3 rings (SSSR count). The highest BCUT2D eigenvalue weighted by molar-refractivity contribution is 8.07. The van der Waals surface area contributed by atoms with E-state index in [1.807, 2.05) is 0 Å². The first kappa shape index (κ1) is 18.9. The van der Waals surface area contributed by atoms with Gasteiger partial charge in [-0.2, -0.15) is 24.9 Å². The smallest absolute Gasteiger partial charge is 0.416 e. The van der Waals surface area contributed by atoms with E-state index < -0.39 is 11.7 Å². The molecule has 138 valence electrons. The van der Waals surface area contributed by atoms with Crippen molar-refractivity contribution in [2.24, 2.45) is 0 Å². The average Bonchev–Trinajstić information content (AvgIpc) is 2.64. The minimum Gasteiger partial charge on any atom is -0.439 e. The van der Waals surface area contributed by atoms with Crippen molar-refractivity contribution in [3.05, 3.63) is 48.2 Å². The zero-order valence-corrected chi connectivity index (χ0v) is 15.1. The van der Waals surface area contributed by atoms with Crippen LogP contribution in [0.3, 0.4) is 0 Å². The molecule has 1 amide bonds. The first-order chi connectivity index (χ1) is 12.4. The number of aromatic nitrogens is 1. The van der Waals surface area contributed by atoms with Crippen LogP contribution in [0.1, 0.15) is 5.56 Å². The van der Waals surface area contributed by atoms with Gasteiger partial charge >= 0.3 is 6.18 Å². The number of halogens is 3. The molecule has 1 aliphatic rings. The average molecular weight is 400 g/mol. The third-order valence-corrected chi connectivity index (χ3v) is 6.27. The maximum absolute atomic E-state index is 12.5. The molecule has 26 heavy (non-hydrogen) atoms. The zero-order chi connectivity index (χ0) is 18.6. The SMILES string of the molecule is O=C(Nc1ccc(Oc2ccc(C(F)(F)F)cc2)nc1)C1CSCCS1. The molecule has 0 bridgehead atoms. The van der Waals surface area contributed by atoms with Gasteiger partial charge in [0, 0.05) is 23.3 Å². The number of rotatable bonds is 4. The second-order valence-electron chi connectivity index (χ2n) is 5.43. The lowest BCUT2D eigenvalue weighted by molar-refractivity contribution is -0.137. The number of alkyl halides is 3. The number of pyridine rings is 1. The molecule has 1 atom stereocenters. The third kappa shape index (κ3) is 5.07. The van der Waals surface area contributed by atoms with E-state index in [1.54, 1.807) is 35.7 Å². The third-order valence-electron chi connectivity index (χ3n) is 3.52. The Morgan fingerprint density at radius 3 is 2.50 bits per heavy atom.